The highest BCUT2D eigenvalue weighted by molar-refractivity contribution is 5.86. The molecule has 0 saturated carbocycles. The van der Waals surface area contributed by atoms with E-state index in [1.165, 1.54) is 6.34 Å². The Labute approximate surface area is 133 Å². The molecule has 0 spiro atoms. The van der Waals surface area contributed by atoms with Crippen LogP contribution in [0, 0.1) is 13.8 Å². The van der Waals surface area contributed by atoms with Crippen LogP contribution in [-0.4, -0.2) is 21.2 Å². The lowest BCUT2D eigenvalue weighted by molar-refractivity contribution is 0.189. The van der Waals surface area contributed by atoms with Gasteiger partial charge in [-0.2, -0.15) is 0 Å². The molecule has 1 unspecified atom stereocenters. The lowest BCUT2D eigenvalue weighted by Crippen LogP contribution is -2.12. The monoisotopic (exact) mass is 308 g/mol. The fourth-order valence-corrected chi connectivity index (χ4v) is 3.03. The maximum absolute atomic E-state index is 10.4. The van der Waals surface area contributed by atoms with Crippen molar-refractivity contribution in [2.24, 2.45) is 4.99 Å². The highest BCUT2D eigenvalue weighted by atomic mass is 16.5. The molecule has 0 bridgehead atoms. The highest BCUT2D eigenvalue weighted by Crippen LogP contribution is 2.41. The molecule has 4 rings (SSSR count). The van der Waals surface area contributed by atoms with Gasteiger partial charge in [0.1, 0.15) is 11.6 Å². The largest absolute Gasteiger partial charge is 0.368 e. The Hall–Kier alpha value is -2.86. The molecule has 6 heteroatoms. The summed E-state index contributed by atoms with van der Waals surface area (Å²) in [5.74, 6) is 1.52. The predicted octanol–water partition coefficient (Wildman–Crippen LogP) is 3.19. The summed E-state index contributed by atoms with van der Waals surface area (Å²) >= 11 is 0. The highest BCUT2D eigenvalue weighted by Gasteiger charge is 2.28. The van der Waals surface area contributed by atoms with Gasteiger partial charge in [-0.05, 0) is 26.0 Å². The molecule has 2 aromatic heterocycles. The van der Waals surface area contributed by atoms with Gasteiger partial charge in [0.15, 0.2) is 6.23 Å². The number of aryl methyl sites for hydroxylation is 2. The number of anilines is 1. The summed E-state index contributed by atoms with van der Waals surface area (Å²) in [6, 6.07) is 9.95. The molecule has 3 aromatic rings. The molecule has 6 nitrogen and oxygen atoms in total. The van der Waals surface area contributed by atoms with Crippen molar-refractivity contribution in [2.45, 2.75) is 20.1 Å². The van der Waals surface area contributed by atoms with Gasteiger partial charge < -0.3 is 19.5 Å². The normalized spacial score (nSPS) is 16.2. The fraction of sp³-hybridized carbons (Fsp3) is 0.176. The number of fused-ring (bicyclic) bond motifs is 1. The third-order valence-corrected chi connectivity index (χ3v) is 4.06. The van der Waals surface area contributed by atoms with E-state index < -0.39 is 6.23 Å². The van der Waals surface area contributed by atoms with Crippen LogP contribution in [0.2, 0.25) is 0 Å². The van der Waals surface area contributed by atoms with Crippen LogP contribution in [0.25, 0.3) is 16.8 Å². The van der Waals surface area contributed by atoms with Crippen LogP contribution < -0.4 is 5.32 Å². The predicted molar refractivity (Wildman–Crippen MR) is 87.8 cm³/mol. The molecular weight excluding hydrogens is 292 g/mol. The lowest BCUT2D eigenvalue weighted by atomic mass is 10.0. The zero-order chi connectivity index (χ0) is 16.0. The smallest absolute Gasteiger partial charge is 0.177 e. The van der Waals surface area contributed by atoms with Crippen LogP contribution in [0.4, 0.5) is 5.82 Å². The zero-order valence-electron chi connectivity index (χ0n) is 12.8. The number of hydrogen-bond donors (Lipinski definition) is 2. The van der Waals surface area contributed by atoms with Crippen molar-refractivity contribution in [2.75, 3.05) is 5.32 Å². The number of aliphatic imine (C=N–C) groups is 1. The molecule has 0 fully saturated rings. The molecule has 1 aliphatic heterocycles. The summed E-state index contributed by atoms with van der Waals surface area (Å²) in [4.78, 5) is 4.06. The third kappa shape index (κ3) is 2.07. The molecular formula is C17H16N4O2. The van der Waals surface area contributed by atoms with Crippen LogP contribution in [0.15, 0.2) is 46.0 Å². The first-order chi connectivity index (χ1) is 11.2. The number of nitrogens with zero attached hydrogens (tertiary/aromatic N) is 3. The minimum absolute atomic E-state index is 0.720. The molecule has 0 amide bonds. The van der Waals surface area contributed by atoms with Gasteiger partial charge in [0.25, 0.3) is 0 Å². The average molecular weight is 308 g/mol. The summed E-state index contributed by atoms with van der Waals surface area (Å²) in [6.07, 6.45) is 2.58. The van der Waals surface area contributed by atoms with Crippen molar-refractivity contribution >= 4 is 12.2 Å². The number of benzene rings is 1. The molecule has 0 aliphatic carbocycles. The quantitative estimate of drug-likeness (QED) is 0.762. The number of aliphatic hydroxyl groups excluding tert-OH is 1. The molecule has 0 radical (unpaired) electrons. The van der Waals surface area contributed by atoms with Crippen LogP contribution in [0.1, 0.15) is 23.2 Å². The van der Waals surface area contributed by atoms with E-state index in [4.69, 9.17) is 4.52 Å². The van der Waals surface area contributed by atoms with Crippen LogP contribution in [0.5, 0.6) is 0 Å². The number of hydrogen-bond acceptors (Lipinski definition) is 5. The number of aromatic nitrogens is 2. The van der Waals surface area contributed by atoms with Gasteiger partial charge in [0.05, 0.1) is 17.6 Å². The number of nitrogens with one attached hydrogen (secondary N) is 1. The standard InChI is InChI=1S/C17H16N4O2/c1-10-14(11(2)23-20-10)13-8-21(12-6-4-3-5-7-12)16-15(13)17(22)19-9-18-16/h3-9,17,22H,1-2H3,(H,18,19). The third-order valence-electron chi connectivity index (χ3n) is 4.06. The van der Waals surface area contributed by atoms with Gasteiger partial charge in [-0.15, -0.1) is 0 Å². The first-order valence-corrected chi connectivity index (χ1v) is 7.37. The summed E-state index contributed by atoms with van der Waals surface area (Å²) in [5, 5.41) is 17.5. The Balaban J connectivity index is 2.00. The molecule has 1 aromatic carbocycles. The van der Waals surface area contributed by atoms with Crippen LogP contribution in [0.3, 0.4) is 0 Å². The molecule has 0 saturated heterocycles. The second-order valence-corrected chi connectivity index (χ2v) is 5.51. The van der Waals surface area contributed by atoms with Crippen LogP contribution in [-0.2, 0) is 0 Å². The van der Waals surface area contributed by atoms with Gasteiger partial charge in [0, 0.05) is 23.0 Å². The van der Waals surface area contributed by atoms with Crippen molar-refractivity contribution in [3.05, 3.63) is 53.5 Å². The lowest BCUT2D eigenvalue weighted by Gasteiger charge is -2.17. The molecule has 1 atom stereocenters. The summed E-state index contributed by atoms with van der Waals surface area (Å²) < 4.78 is 7.30. The van der Waals surface area contributed by atoms with Gasteiger partial charge in [0.2, 0.25) is 0 Å². The van der Waals surface area contributed by atoms with Gasteiger partial charge in [-0.3, -0.25) is 0 Å². The van der Waals surface area contributed by atoms with E-state index in [9.17, 15) is 5.11 Å². The van der Waals surface area contributed by atoms with Gasteiger partial charge in [-0.25, -0.2) is 4.99 Å². The van der Waals surface area contributed by atoms with E-state index in [1.54, 1.807) is 0 Å². The number of aliphatic hydroxyl groups is 1. The van der Waals surface area contributed by atoms with E-state index in [1.807, 2.05) is 54.9 Å². The Morgan fingerprint density at radius 1 is 1.22 bits per heavy atom. The maximum Gasteiger partial charge on any atom is 0.177 e. The minimum atomic E-state index is -0.917. The van der Waals surface area contributed by atoms with Crippen molar-refractivity contribution < 1.29 is 9.63 Å². The summed E-state index contributed by atoms with van der Waals surface area (Å²) in [5.41, 5.74) is 4.28. The fourth-order valence-electron chi connectivity index (χ4n) is 3.03. The molecule has 23 heavy (non-hydrogen) atoms. The number of rotatable bonds is 2. The minimum Gasteiger partial charge on any atom is -0.368 e. The van der Waals surface area contributed by atoms with E-state index in [0.29, 0.717) is 0 Å². The molecule has 116 valence electrons. The molecule has 3 heterocycles. The Bertz CT molecular complexity index is 873. The Morgan fingerprint density at radius 3 is 2.70 bits per heavy atom. The van der Waals surface area contributed by atoms with E-state index >= 15 is 0 Å². The second kappa shape index (κ2) is 5.10. The summed E-state index contributed by atoms with van der Waals surface area (Å²) in [7, 11) is 0. The molecule has 2 N–H and O–H groups in total. The SMILES string of the molecule is Cc1noc(C)c1-c1cn(-c2ccccc2)c2c1C(O)N=CN2. The second-order valence-electron chi connectivity index (χ2n) is 5.51. The van der Waals surface area contributed by atoms with E-state index in [2.05, 4.69) is 15.5 Å². The average Bonchev–Trinajstić information content (AvgIpc) is 3.09. The van der Waals surface area contributed by atoms with Crippen molar-refractivity contribution in [1.82, 2.24) is 9.72 Å². The van der Waals surface area contributed by atoms with Gasteiger partial charge >= 0.3 is 0 Å². The molecule has 1 aliphatic rings. The zero-order valence-corrected chi connectivity index (χ0v) is 12.8. The number of para-hydroxylation sites is 1. The van der Waals surface area contributed by atoms with Crippen molar-refractivity contribution in [3.8, 4) is 16.8 Å². The van der Waals surface area contributed by atoms with E-state index in [0.717, 1.165) is 39.6 Å². The Morgan fingerprint density at radius 2 is 2.00 bits per heavy atom. The summed E-state index contributed by atoms with van der Waals surface area (Å²) in [6.45, 7) is 3.76. The first-order valence-electron chi connectivity index (χ1n) is 7.37. The van der Waals surface area contributed by atoms with Crippen molar-refractivity contribution in [1.29, 1.82) is 0 Å². The van der Waals surface area contributed by atoms with Crippen molar-refractivity contribution in [3.63, 3.8) is 0 Å². The Kier molecular flexibility index (Phi) is 3.06. The maximum atomic E-state index is 10.4. The first kappa shape index (κ1) is 13.8. The van der Waals surface area contributed by atoms with E-state index in [-0.39, 0.29) is 0 Å². The van der Waals surface area contributed by atoms with Crippen LogP contribution >= 0.6 is 0 Å². The topological polar surface area (TPSA) is 75.6 Å². The van der Waals surface area contributed by atoms with Gasteiger partial charge in [-0.1, -0.05) is 23.4 Å².